The van der Waals surface area contributed by atoms with Gasteiger partial charge in [0.2, 0.25) is 11.2 Å². The Labute approximate surface area is 208 Å². The Kier molecular flexibility index (Phi) is 6.37. The Morgan fingerprint density at radius 2 is 1.64 bits per heavy atom. The zero-order valence-electron chi connectivity index (χ0n) is 19.9. The van der Waals surface area contributed by atoms with Gasteiger partial charge in [0.1, 0.15) is 23.3 Å². The van der Waals surface area contributed by atoms with Crippen molar-refractivity contribution in [2.24, 2.45) is 0 Å². The standard InChI is InChI=1S/C31H24O5/c1-20(2)24-11-5-6-13-27(24)36-29-19-34-28-18-23(15-16-26(28)31(29)33)35-30(32)17-14-22-10-7-9-21-8-3-4-12-25(21)22/h3-20H,1-2H3/b17-14+. The number of carbonyl (C=O) groups excluding carboxylic acids is 1. The predicted octanol–water partition coefficient (Wildman–Crippen LogP) is 7.48. The maximum absolute atomic E-state index is 13.0. The average Bonchev–Trinajstić information content (AvgIpc) is 2.89. The van der Waals surface area contributed by atoms with Crippen molar-refractivity contribution < 1.29 is 18.7 Å². The highest BCUT2D eigenvalue weighted by Gasteiger charge is 2.14. The molecule has 1 aromatic heterocycles. The van der Waals surface area contributed by atoms with Crippen LogP contribution in [0.25, 0.3) is 27.8 Å². The highest BCUT2D eigenvalue weighted by atomic mass is 16.5. The van der Waals surface area contributed by atoms with E-state index in [1.54, 1.807) is 18.2 Å². The molecule has 5 aromatic rings. The van der Waals surface area contributed by atoms with E-state index >= 15 is 0 Å². The van der Waals surface area contributed by atoms with Crippen LogP contribution in [0.1, 0.15) is 30.9 Å². The van der Waals surface area contributed by atoms with E-state index in [1.807, 2.05) is 66.7 Å². The van der Waals surface area contributed by atoms with Gasteiger partial charge < -0.3 is 13.9 Å². The van der Waals surface area contributed by atoms with Crippen molar-refractivity contribution in [3.8, 4) is 17.2 Å². The summed E-state index contributed by atoms with van der Waals surface area (Å²) in [6.07, 6.45) is 4.39. The minimum Gasteiger partial charge on any atom is -0.460 e. The molecule has 5 nitrogen and oxygen atoms in total. The maximum Gasteiger partial charge on any atom is 0.336 e. The monoisotopic (exact) mass is 476 g/mol. The van der Waals surface area contributed by atoms with E-state index in [0.717, 1.165) is 21.9 Å². The third-order valence-corrected chi connectivity index (χ3v) is 5.92. The summed E-state index contributed by atoms with van der Waals surface area (Å²) >= 11 is 0. The SMILES string of the molecule is CC(C)c1ccccc1Oc1coc2cc(OC(=O)/C=C/c3cccc4ccccc34)ccc2c1=O. The van der Waals surface area contributed by atoms with Gasteiger partial charge in [-0.15, -0.1) is 0 Å². The number of rotatable bonds is 6. The van der Waals surface area contributed by atoms with Crippen LogP contribution in [0.5, 0.6) is 17.2 Å². The van der Waals surface area contributed by atoms with Crippen LogP contribution in [0.3, 0.4) is 0 Å². The average molecular weight is 477 g/mol. The molecule has 1 heterocycles. The maximum atomic E-state index is 13.0. The van der Waals surface area contributed by atoms with E-state index in [0.29, 0.717) is 16.7 Å². The fourth-order valence-electron chi connectivity index (χ4n) is 4.10. The van der Waals surface area contributed by atoms with Gasteiger partial charge in [-0.1, -0.05) is 74.5 Å². The van der Waals surface area contributed by atoms with Gasteiger partial charge in [-0.3, -0.25) is 4.79 Å². The Morgan fingerprint density at radius 1 is 0.861 bits per heavy atom. The van der Waals surface area contributed by atoms with Crippen molar-refractivity contribution in [2.75, 3.05) is 0 Å². The molecular weight excluding hydrogens is 452 g/mol. The lowest BCUT2D eigenvalue weighted by Gasteiger charge is -2.13. The van der Waals surface area contributed by atoms with E-state index in [4.69, 9.17) is 13.9 Å². The second-order valence-corrected chi connectivity index (χ2v) is 8.70. The number of benzene rings is 4. The number of para-hydroxylation sites is 1. The molecule has 36 heavy (non-hydrogen) atoms. The van der Waals surface area contributed by atoms with Crippen LogP contribution in [0.15, 0.2) is 106 Å². The first-order valence-electron chi connectivity index (χ1n) is 11.7. The highest BCUT2D eigenvalue weighted by molar-refractivity contribution is 5.95. The van der Waals surface area contributed by atoms with E-state index in [9.17, 15) is 9.59 Å². The molecular formula is C31H24O5. The second-order valence-electron chi connectivity index (χ2n) is 8.70. The Morgan fingerprint density at radius 3 is 2.50 bits per heavy atom. The Hall–Kier alpha value is -4.64. The summed E-state index contributed by atoms with van der Waals surface area (Å²) in [5.41, 5.74) is 1.91. The van der Waals surface area contributed by atoms with Crippen molar-refractivity contribution in [3.63, 3.8) is 0 Å². The summed E-state index contributed by atoms with van der Waals surface area (Å²) in [7, 11) is 0. The smallest absolute Gasteiger partial charge is 0.336 e. The molecule has 0 amide bonds. The molecule has 0 saturated heterocycles. The van der Waals surface area contributed by atoms with Crippen molar-refractivity contribution in [2.45, 2.75) is 19.8 Å². The fraction of sp³-hybridized carbons (Fsp3) is 0.0968. The molecule has 4 aromatic carbocycles. The van der Waals surface area contributed by atoms with E-state index < -0.39 is 5.97 Å². The third-order valence-electron chi connectivity index (χ3n) is 5.92. The lowest BCUT2D eigenvalue weighted by Crippen LogP contribution is -2.07. The molecule has 0 saturated carbocycles. The summed E-state index contributed by atoms with van der Waals surface area (Å²) in [6.45, 7) is 4.12. The van der Waals surface area contributed by atoms with Gasteiger partial charge in [-0.25, -0.2) is 4.79 Å². The zero-order valence-corrected chi connectivity index (χ0v) is 19.9. The summed E-state index contributed by atoms with van der Waals surface area (Å²) in [6, 6.07) is 26.1. The van der Waals surface area contributed by atoms with Crippen LogP contribution in [-0.2, 0) is 4.79 Å². The third kappa shape index (κ3) is 4.77. The van der Waals surface area contributed by atoms with Crippen molar-refractivity contribution >= 4 is 33.8 Å². The van der Waals surface area contributed by atoms with Crippen molar-refractivity contribution in [1.82, 2.24) is 0 Å². The molecule has 5 rings (SSSR count). The van der Waals surface area contributed by atoms with Crippen LogP contribution < -0.4 is 14.9 Å². The van der Waals surface area contributed by atoms with Crippen LogP contribution >= 0.6 is 0 Å². The minimum atomic E-state index is -0.533. The number of hydrogen-bond donors (Lipinski definition) is 0. The molecule has 0 unspecified atom stereocenters. The number of carbonyl (C=O) groups is 1. The first kappa shape index (κ1) is 23.1. The van der Waals surface area contributed by atoms with Gasteiger partial charge in [0.15, 0.2) is 0 Å². The summed E-state index contributed by atoms with van der Waals surface area (Å²) in [4.78, 5) is 25.5. The largest absolute Gasteiger partial charge is 0.460 e. The normalized spacial score (nSPS) is 11.4. The van der Waals surface area contributed by atoms with E-state index in [1.165, 1.54) is 18.4 Å². The Bertz CT molecular complexity index is 1650. The summed E-state index contributed by atoms with van der Waals surface area (Å²) in [5.74, 6) is 0.688. The molecule has 0 spiro atoms. The van der Waals surface area contributed by atoms with Gasteiger partial charge in [-0.05, 0) is 52.1 Å². The quantitative estimate of drug-likeness (QED) is 0.144. The lowest BCUT2D eigenvalue weighted by atomic mass is 10.0. The summed E-state index contributed by atoms with van der Waals surface area (Å²) in [5, 5.41) is 2.47. The molecule has 0 aliphatic rings. The number of fused-ring (bicyclic) bond motifs is 2. The first-order valence-corrected chi connectivity index (χ1v) is 11.7. The second kappa shape index (κ2) is 9.92. The number of hydrogen-bond acceptors (Lipinski definition) is 5. The van der Waals surface area contributed by atoms with Gasteiger partial charge in [0, 0.05) is 12.1 Å². The van der Waals surface area contributed by atoms with Gasteiger partial charge in [-0.2, -0.15) is 0 Å². The van der Waals surface area contributed by atoms with Crippen LogP contribution in [0.2, 0.25) is 0 Å². The molecule has 0 atom stereocenters. The predicted molar refractivity (Wildman–Crippen MR) is 142 cm³/mol. The number of ether oxygens (including phenoxy) is 2. The van der Waals surface area contributed by atoms with Gasteiger partial charge in [0.05, 0.1) is 5.39 Å². The van der Waals surface area contributed by atoms with E-state index in [2.05, 4.69) is 13.8 Å². The zero-order chi connectivity index (χ0) is 25.1. The molecule has 178 valence electrons. The van der Waals surface area contributed by atoms with Gasteiger partial charge >= 0.3 is 5.97 Å². The van der Waals surface area contributed by atoms with Crippen molar-refractivity contribution in [1.29, 1.82) is 0 Å². The van der Waals surface area contributed by atoms with E-state index in [-0.39, 0.29) is 22.8 Å². The molecule has 0 aliphatic carbocycles. The first-order chi connectivity index (χ1) is 17.5. The molecule has 0 N–H and O–H groups in total. The van der Waals surface area contributed by atoms with Crippen LogP contribution in [0, 0.1) is 0 Å². The van der Waals surface area contributed by atoms with Crippen molar-refractivity contribution in [3.05, 3.63) is 119 Å². The van der Waals surface area contributed by atoms with Crippen LogP contribution in [0.4, 0.5) is 0 Å². The van der Waals surface area contributed by atoms with Gasteiger partial charge in [0.25, 0.3) is 0 Å². The topological polar surface area (TPSA) is 65.7 Å². The summed E-state index contributed by atoms with van der Waals surface area (Å²) < 4.78 is 17.0. The van der Waals surface area contributed by atoms with Crippen LogP contribution in [-0.4, -0.2) is 5.97 Å². The molecule has 0 radical (unpaired) electrons. The number of esters is 1. The Balaban J connectivity index is 1.35. The molecule has 0 bridgehead atoms. The fourth-order valence-corrected chi connectivity index (χ4v) is 4.10. The lowest BCUT2D eigenvalue weighted by molar-refractivity contribution is -0.128. The molecule has 0 aliphatic heterocycles. The molecule has 0 fully saturated rings. The molecule has 5 heteroatoms. The minimum absolute atomic E-state index is 0.0957. The highest BCUT2D eigenvalue weighted by Crippen LogP contribution is 2.30.